The average molecular weight is 275 g/mol. The van der Waals surface area contributed by atoms with Gasteiger partial charge in [0, 0.05) is 16.8 Å². The van der Waals surface area contributed by atoms with E-state index in [0.717, 1.165) is 12.5 Å². The fourth-order valence-corrected chi connectivity index (χ4v) is 3.36. The maximum absolute atomic E-state index is 6.07. The third-order valence-electron chi connectivity index (χ3n) is 4.32. The topological polar surface area (TPSA) is 9.23 Å². The molecule has 2 aliphatic rings. The molecule has 0 aromatic rings. The van der Waals surface area contributed by atoms with Crippen molar-refractivity contribution in [3.63, 3.8) is 0 Å². The summed E-state index contributed by atoms with van der Waals surface area (Å²) in [6, 6.07) is 0. The minimum absolute atomic E-state index is 0.342. The Morgan fingerprint density at radius 1 is 1.20 bits per heavy atom. The van der Waals surface area contributed by atoms with Crippen LogP contribution in [0.2, 0.25) is 0 Å². The van der Waals surface area contributed by atoms with Gasteiger partial charge in [0.05, 0.1) is 6.10 Å². The molecule has 0 heterocycles. The summed E-state index contributed by atoms with van der Waals surface area (Å²) < 4.78 is 6.07. The second kappa shape index (κ2) is 4.75. The average Bonchev–Trinajstić information content (AvgIpc) is 2.25. The highest BCUT2D eigenvalue weighted by molar-refractivity contribution is 9.09. The van der Waals surface area contributed by atoms with Crippen LogP contribution < -0.4 is 0 Å². The van der Waals surface area contributed by atoms with Crippen LogP contribution in [0.5, 0.6) is 0 Å². The van der Waals surface area contributed by atoms with Crippen molar-refractivity contribution in [3.8, 4) is 0 Å². The van der Waals surface area contributed by atoms with E-state index in [9.17, 15) is 0 Å². The molecule has 2 heteroatoms. The highest BCUT2D eigenvalue weighted by atomic mass is 79.9. The summed E-state index contributed by atoms with van der Waals surface area (Å²) in [6.07, 6.45) is 8.75. The third kappa shape index (κ3) is 2.58. The normalized spacial score (nSPS) is 36.2. The molecular weight excluding hydrogens is 252 g/mol. The van der Waals surface area contributed by atoms with Crippen molar-refractivity contribution in [1.82, 2.24) is 0 Å². The minimum Gasteiger partial charge on any atom is -0.377 e. The highest BCUT2D eigenvalue weighted by Gasteiger charge is 2.47. The van der Waals surface area contributed by atoms with Gasteiger partial charge in [-0.25, -0.2) is 0 Å². The number of rotatable bonds is 3. The zero-order valence-electron chi connectivity index (χ0n) is 9.97. The van der Waals surface area contributed by atoms with Gasteiger partial charge in [0.2, 0.25) is 0 Å². The van der Waals surface area contributed by atoms with Gasteiger partial charge in [-0.3, -0.25) is 0 Å². The first kappa shape index (κ1) is 11.9. The molecule has 2 fully saturated rings. The summed E-state index contributed by atoms with van der Waals surface area (Å²) in [5.41, 5.74) is 0.342. The number of halogens is 1. The molecule has 0 radical (unpaired) electrons. The van der Waals surface area contributed by atoms with Gasteiger partial charge in [0.1, 0.15) is 0 Å². The summed E-state index contributed by atoms with van der Waals surface area (Å²) >= 11 is 3.71. The molecule has 2 aliphatic carbocycles. The van der Waals surface area contributed by atoms with E-state index in [1.54, 1.807) is 0 Å². The smallest absolute Gasteiger partial charge is 0.0647 e. The van der Waals surface area contributed by atoms with E-state index in [1.807, 2.05) is 0 Å². The maximum Gasteiger partial charge on any atom is 0.0647 e. The molecule has 0 aromatic heterocycles. The standard InChI is InChI=1S/C13H23BrO/c1-13(2)11(14)8-12(13)15-9-10-6-4-3-5-7-10/h10-12H,3-9H2,1-2H3. The molecule has 15 heavy (non-hydrogen) atoms. The predicted molar refractivity (Wildman–Crippen MR) is 67.4 cm³/mol. The van der Waals surface area contributed by atoms with Crippen molar-refractivity contribution in [2.45, 2.75) is 63.3 Å². The molecule has 2 saturated carbocycles. The Kier molecular flexibility index (Phi) is 3.77. The van der Waals surface area contributed by atoms with Gasteiger partial charge in [0.25, 0.3) is 0 Å². The predicted octanol–water partition coefficient (Wildman–Crippen LogP) is 4.15. The molecule has 0 saturated heterocycles. The molecule has 0 N–H and O–H groups in total. The fourth-order valence-electron chi connectivity index (χ4n) is 2.73. The van der Waals surface area contributed by atoms with Crippen LogP contribution >= 0.6 is 15.9 Å². The zero-order valence-corrected chi connectivity index (χ0v) is 11.6. The Morgan fingerprint density at radius 3 is 2.40 bits per heavy atom. The van der Waals surface area contributed by atoms with Crippen molar-refractivity contribution < 1.29 is 4.74 Å². The highest BCUT2D eigenvalue weighted by Crippen LogP contribution is 2.47. The van der Waals surface area contributed by atoms with E-state index in [0.29, 0.717) is 16.3 Å². The van der Waals surface area contributed by atoms with Gasteiger partial charge >= 0.3 is 0 Å². The van der Waals surface area contributed by atoms with E-state index in [2.05, 4.69) is 29.8 Å². The van der Waals surface area contributed by atoms with E-state index < -0.39 is 0 Å². The van der Waals surface area contributed by atoms with Gasteiger partial charge < -0.3 is 4.74 Å². The molecule has 0 spiro atoms. The Balaban J connectivity index is 1.70. The lowest BCUT2D eigenvalue weighted by molar-refractivity contribution is -0.0979. The zero-order chi connectivity index (χ0) is 10.9. The molecule has 2 rings (SSSR count). The summed E-state index contributed by atoms with van der Waals surface area (Å²) in [5, 5.41) is 0. The van der Waals surface area contributed by atoms with Crippen molar-refractivity contribution in [1.29, 1.82) is 0 Å². The van der Waals surface area contributed by atoms with Gasteiger partial charge in [-0.05, 0) is 25.2 Å². The summed E-state index contributed by atoms with van der Waals surface area (Å²) in [6.45, 7) is 5.62. The summed E-state index contributed by atoms with van der Waals surface area (Å²) in [4.78, 5) is 0.654. The van der Waals surface area contributed by atoms with Gasteiger partial charge in [0.15, 0.2) is 0 Å². The molecule has 0 aromatic carbocycles. The summed E-state index contributed by atoms with van der Waals surface area (Å²) in [7, 11) is 0. The van der Waals surface area contributed by atoms with Crippen molar-refractivity contribution in [3.05, 3.63) is 0 Å². The second-order valence-electron chi connectivity index (χ2n) is 5.85. The fraction of sp³-hybridized carbons (Fsp3) is 1.00. The number of alkyl halides is 1. The van der Waals surface area contributed by atoms with Gasteiger partial charge in [-0.2, -0.15) is 0 Å². The third-order valence-corrected chi connectivity index (χ3v) is 5.87. The number of hydrogen-bond acceptors (Lipinski definition) is 1. The molecular formula is C13H23BrO. The first-order valence-corrected chi connectivity index (χ1v) is 7.28. The Bertz CT molecular complexity index is 209. The first-order valence-electron chi connectivity index (χ1n) is 6.36. The molecule has 0 amide bonds. The summed E-state index contributed by atoms with van der Waals surface area (Å²) in [5.74, 6) is 0.851. The Labute approximate surface area is 102 Å². The van der Waals surface area contributed by atoms with Crippen LogP contribution in [0.1, 0.15) is 52.4 Å². The number of hydrogen-bond donors (Lipinski definition) is 0. The Morgan fingerprint density at radius 2 is 1.87 bits per heavy atom. The lowest BCUT2D eigenvalue weighted by Crippen LogP contribution is -2.51. The van der Waals surface area contributed by atoms with E-state index >= 15 is 0 Å². The largest absolute Gasteiger partial charge is 0.377 e. The van der Waals surface area contributed by atoms with E-state index in [-0.39, 0.29) is 0 Å². The first-order chi connectivity index (χ1) is 7.10. The second-order valence-corrected chi connectivity index (χ2v) is 6.96. The van der Waals surface area contributed by atoms with Crippen LogP contribution in [0, 0.1) is 11.3 Å². The van der Waals surface area contributed by atoms with Crippen molar-refractivity contribution in [2.75, 3.05) is 6.61 Å². The van der Waals surface area contributed by atoms with Crippen LogP contribution in [-0.2, 0) is 4.74 Å². The van der Waals surface area contributed by atoms with Gasteiger partial charge in [-0.1, -0.05) is 49.0 Å². The molecule has 88 valence electrons. The van der Waals surface area contributed by atoms with Crippen LogP contribution in [0.3, 0.4) is 0 Å². The van der Waals surface area contributed by atoms with Gasteiger partial charge in [-0.15, -0.1) is 0 Å². The lowest BCUT2D eigenvalue weighted by atomic mass is 9.69. The van der Waals surface area contributed by atoms with Crippen LogP contribution in [0.15, 0.2) is 0 Å². The lowest BCUT2D eigenvalue weighted by Gasteiger charge is -2.49. The van der Waals surface area contributed by atoms with E-state index in [4.69, 9.17) is 4.74 Å². The molecule has 0 bridgehead atoms. The minimum atomic E-state index is 0.342. The SMILES string of the molecule is CC1(C)C(Br)CC1OCC1CCCCC1. The maximum atomic E-state index is 6.07. The van der Waals surface area contributed by atoms with Crippen LogP contribution in [0.4, 0.5) is 0 Å². The molecule has 2 atom stereocenters. The van der Waals surface area contributed by atoms with Crippen molar-refractivity contribution in [2.24, 2.45) is 11.3 Å². The molecule has 2 unspecified atom stereocenters. The van der Waals surface area contributed by atoms with Crippen LogP contribution in [0.25, 0.3) is 0 Å². The van der Waals surface area contributed by atoms with E-state index in [1.165, 1.54) is 38.5 Å². The van der Waals surface area contributed by atoms with Crippen molar-refractivity contribution >= 4 is 15.9 Å². The molecule has 0 aliphatic heterocycles. The monoisotopic (exact) mass is 274 g/mol. The molecule has 1 nitrogen and oxygen atoms in total. The van der Waals surface area contributed by atoms with Crippen LogP contribution in [-0.4, -0.2) is 17.5 Å². The quantitative estimate of drug-likeness (QED) is 0.703. The Hall–Kier alpha value is 0.440. The number of ether oxygens (including phenoxy) is 1.